The van der Waals surface area contributed by atoms with Crippen LogP contribution in [0.25, 0.3) is 0 Å². The number of thiophene rings is 1. The Hall–Kier alpha value is -2.76. The second kappa shape index (κ2) is 7.98. The lowest BCUT2D eigenvalue weighted by molar-refractivity contribution is -0.137. The number of benzene rings is 1. The van der Waals surface area contributed by atoms with E-state index in [2.05, 4.69) is 6.07 Å². The van der Waals surface area contributed by atoms with Gasteiger partial charge in [-0.15, -0.1) is 11.3 Å². The van der Waals surface area contributed by atoms with Crippen molar-refractivity contribution in [1.82, 2.24) is 0 Å². The molecule has 166 valence electrons. The lowest BCUT2D eigenvalue weighted by Crippen LogP contribution is -2.39. The molecule has 4 rings (SSSR count). The first-order chi connectivity index (χ1) is 15.0. The van der Waals surface area contributed by atoms with Gasteiger partial charge in [-0.25, -0.2) is 0 Å². The van der Waals surface area contributed by atoms with Gasteiger partial charge in [0.05, 0.1) is 33.8 Å². The van der Waals surface area contributed by atoms with Crippen molar-refractivity contribution in [3.05, 3.63) is 72.8 Å². The number of aryl methyl sites for hydroxylation is 2. The van der Waals surface area contributed by atoms with Gasteiger partial charge in [-0.3, -0.25) is 9.69 Å². The van der Waals surface area contributed by atoms with Crippen molar-refractivity contribution in [2.24, 2.45) is 5.73 Å². The smallest absolute Gasteiger partial charge is 0.384 e. The number of carbonyl (C=O) groups excluding carboxylic acids is 1. The molecular formula is C23H19ClF3N3OS. The number of ketones is 1. The predicted molar refractivity (Wildman–Crippen MR) is 118 cm³/mol. The molecule has 0 amide bonds. The topological polar surface area (TPSA) is 70.1 Å². The van der Waals surface area contributed by atoms with Crippen LogP contribution >= 0.6 is 22.9 Å². The van der Waals surface area contributed by atoms with Crippen LogP contribution in [0.4, 0.5) is 18.9 Å². The molecule has 4 nitrogen and oxygen atoms in total. The summed E-state index contributed by atoms with van der Waals surface area (Å²) in [5.41, 5.74) is 7.42. The fourth-order valence-corrected chi connectivity index (χ4v) is 5.64. The third-order valence-corrected chi connectivity index (χ3v) is 7.12. The molecule has 1 aliphatic heterocycles. The van der Waals surface area contributed by atoms with E-state index in [-0.39, 0.29) is 27.9 Å². The summed E-state index contributed by atoms with van der Waals surface area (Å²) in [5, 5.41) is 10.1. The van der Waals surface area contributed by atoms with Crippen LogP contribution in [0.3, 0.4) is 0 Å². The van der Waals surface area contributed by atoms with Crippen molar-refractivity contribution in [3.8, 4) is 6.07 Å². The van der Waals surface area contributed by atoms with Gasteiger partial charge in [-0.2, -0.15) is 18.4 Å². The summed E-state index contributed by atoms with van der Waals surface area (Å²) in [4.78, 5) is 16.5. The lowest BCUT2D eigenvalue weighted by Gasteiger charge is -2.40. The maximum atomic E-state index is 13.4. The molecule has 0 spiro atoms. The third-order valence-electron chi connectivity index (χ3n) is 5.82. The fraction of sp³-hybridized carbons (Fsp3) is 0.304. The molecule has 1 aromatic carbocycles. The van der Waals surface area contributed by atoms with E-state index in [4.69, 9.17) is 17.3 Å². The van der Waals surface area contributed by atoms with E-state index in [1.54, 1.807) is 11.3 Å². The highest BCUT2D eigenvalue weighted by atomic mass is 35.5. The van der Waals surface area contributed by atoms with Gasteiger partial charge in [0.25, 0.3) is 0 Å². The number of nitrogens with two attached hydrogens (primary N) is 1. The van der Waals surface area contributed by atoms with E-state index in [1.165, 1.54) is 4.90 Å². The van der Waals surface area contributed by atoms with E-state index < -0.39 is 17.7 Å². The van der Waals surface area contributed by atoms with Crippen molar-refractivity contribution in [2.75, 3.05) is 4.90 Å². The van der Waals surface area contributed by atoms with Crippen LogP contribution in [0, 0.1) is 25.2 Å². The summed E-state index contributed by atoms with van der Waals surface area (Å²) >= 11 is 7.86. The Morgan fingerprint density at radius 2 is 1.97 bits per heavy atom. The number of halogens is 4. The third kappa shape index (κ3) is 3.59. The summed E-state index contributed by atoms with van der Waals surface area (Å²) in [5.74, 6) is -0.781. The summed E-state index contributed by atoms with van der Waals surface area (Å²) < 4.78 is 40.2. The van der Waals surface area contributed by atoms with Gasteiger partial charge in [0, 0.05) is 27.4 Å². The van der Waals surface area contributed by atoms with Crippen LogP contribution in [0.1, 0.15) is 46.1 Å². The van der Waals surface area contributed by atoms with E-state index >= 15 is 0 Å². The van der Waals surface area contributed by atoms with Crippen molar-refractivity contribution in [1.29, 1.82) is 5.26 Å². The Balaban J connectivity index is 2.01. The van der Waals surface area contributed by atoms with Gasteiger partial charge < -0.3 is 5.73 Å². The molecule has 2 aliphatic rings. The van der Waals surface area contributed by atoms with Gasteiger partial charge in [0.15, 0.2) is 5.78 Å². The SMILES string of the molecule is Cc1cc([C@@H]2C(C#N)=C(N)N(c3cc(C(F)(F)F)ccc3Cl)C3=C2C(=O)CCC3)c(C)s1. The Labute approximate surface area is 192 Å². The van der Waals surface area contributed by atoms with Crippen molar-refractivity contribution < 1.29 is 18.0 Å². The molecule has 1 atom stereocenters. The monoisotopic (exact) mass is 477 g/mol. The quantitative estimate of drug-likeness (QED) is 0.547. The number of carbonyl (C=O) groups is 1. The molecule has 2 heterocycles. The molecule has 0 saturated carbocycles. The number of hydrogen-bond acceptors (Lipinski definition) is 5. The van der Waals surface area contributed by atoms with Gasteiger partial charge in [0.1, 0.15) is 5.82 Å². The molecule has 9 heteroatoms. The summed E-state index contributed by atoms with van der Waals surface area (Å²) in [6.45, 7) is 3.86. The van der Waals surface area contributed by atoms with Crippen LogP contribution in [0.2, 0.25) is 5.02 Å². The normalized spacial score (nSPS) is 19.3. The van der Waals surface area contributed by atoms with E-state index in [1.807, 2.05) is 19.9 Å². The summed E-state index contributed by atoms with van der Waals surface area (Å²) in [6, 6.07) is 7.02. The Morgan fingerprint density at radius 1 is 1.25 bits per heavy atom. The number of allylic oxidation sites excluding steroid dienone is 3. The summed E-state index contributed by atoms with van der Waals surface area (Å²) in [7, 11) is 0. The van der Waals surface area contributed by atoms with Crippen LogP contribution in [-0.4, -0.2) is 5.78 Å². The Kier molecular flexibility index (Phi) is 5.60. The largest absolute Gasteiger partial charge is 0.416 e. The number of alkyl halides is 3. The minimum Gasteiger partial charge on any atom is -0.384 e. The maximum absolute atomic E-state index is 13.4. The highest BCUT2D eigenvalue weighted by Gasteiger charge is 2.42. The van der Waals surface area contributed by atoms with Gasteiger partial charge in [-0.05, 0) is 56.5 Å². The van der Waals surface area contributed by atoms with Crippen molar-refractivity contribution >= 4 is 34.4 Å². The van der Waals surface area contributed by atoms with Gasteiger partial charge in [-0.1, -0.05) is 11.6 Å². The first-order valence-corrected chi connectivity index (χ1v) is 11.1. The van der Waals surface area contributed by atoms with Crippen LogP contribution < -0.4 is 10.6 Å². The fourth-order valence-electron chi connectivity index (χ4n) is 4.47. The van der Waals surface area contributed by atoms with Crippen LogP contribution in [0.15, 0.2) is 46.9 Å². The molecule has 1 aromatic heterocycles. The molecule has 0 saturated heterocycles. The molecular weight excluding hydrogens is 459 g/mol. The molecule has 0 unspecified atom stereocenters. The minimum absolute atomic E-state index is 0.00423. The second-order valence-electron chi connectivity index (χ2n) is 7.85. The maximum Gasteiger partial charge on any atom is 0.416 e. The van der Waals surface area contributed by atoms with Gasteiger partial charge in [0.2, 0.25) is 0 Å². The summed E-state index contributed by atoms with van der Waals surface area (Å²) in [6.07, 6.45) is -3.31. The van der Waals surface area contributed by atoms with Crippen molar-refractivity contribution in [2.45, 2.75) is 45.2 Å². The first kappa shape index (κ1) is 22.4. The molecule has 0 bridgehead atoms. The number of Topliss-reactive ketones (excluding diaryl/α,β-unsaturated/α-hetero) is 1. The number of nitriles is 1. The van der Waals surface area contributed by atoms with Crippen LogP contribution in [0.5, 0.6) is 0 Å². The number of nitrogens with zero attached hydrogens (tertiary/aromatic N) is 2. The number of anilines is 1. The van der Waals surface area contributed by atoms with E-state index in [9.17, 15) is 23.2 Å². The van der Waals surface area contributed by atoms with E-state index in [0.29, 0.717) is 30.5 Å². The zero-order valence-corrected chi connectivity index (χ0v) is 18.9. The van der Waals surface area contributed by atoms with Crippen LogP contribution in [-0.2, 0) is 11.0 Å². The molecule has 2 aromatic rings. The zero-order valence-electron chi connectivity index (χ0n) is 17.3. The van der Waals surface area contributed by atoms with Gasteiger partial charge >= 0.3 is 6.18 Å². The molecule has 2 N–H and O–H groups in total. The zero-order chi connectivity index (χ0) is 23.4. The number of rotatable bonds is 2. The average molecular weight is 478 g/mol. The molecule has 32 heavy (non-hydrogen) atoms. The lowest BCUT2D eigenvalue weighted by atomic mass is 9.75. The minimum atomic E-state index is -4.58. The highest BCUT2D eigenvalue weighted by molar-refractivity contribution is 7.12. The standard InChI is InChI=1S/C23H19ClF3N3OS/c1-11-8-14(12(2)32-11)20-15(10-28)22(29)30(17-4-3-5-19(31)21(17)20)18-9-13(23(25,26)27)6-7-16(18)24/h6-9,20H,3-5,29H2,1-2H3/t20-/m1/s1. The Bertz CT molecular complexity index is 1240. The van der Waals surface area contributed by atoms with Crippen molar-refractivity contribution in [3.63, 3.8) is 0 Å². The molecule has 0 radical (unpaired) electrons. The molecule has 0 fully saturated rings. The predicted octanol–water partition coefficient (Wildman–Crippen LogP) is 6.34. The average Bonchev–Trinajstić information content (AvgIpc) is 3.05. The van der Waals surface area contributed by atoms with E-state index in [0.717, 1.165) is 33.5 Å². The Morgan fingerprint density at radius 3 is 2.56 bits per heavy atom. The second-order valence-corrected chi connectivity index (χ2v) is 9.72. The highest BCUT2D eigenvalue weighted by Crippen LogP contribution is 2.49. The molecule has 1 aliphatic carbocycles. The first-order valence-electron chi connectivity index (χ1n) is 9.94. The number of hydrogen-bond donors (Lipinski definition) is 1.